The average molecular weight is 257 g/mol. The summed E-state index contributed by atoms with van der Waals surface area (Å²) in [6, 6.07) is 9.91. The third-order valence-electron chi connectivity index (χ3n) is 3.50. The molecule has 1 fully saturated rings. The van der Waals surface area contributed by atoms with Gasteiger partial charge in [-0.25, -0.2) is 0 Å². The number of aromatic nitrogens is 1. The van der Waals surface area contributed by atoms with Crippen molar-refractivity contribution in [1.29, 1.82) is 0 Å². The van der Waals surface area contributed by atoms with E-state index in [1.165, 1.54) is 6.42 Å². The standard InChI is InChI=1S/C15H19N3O/c16-14-8-11(9-17-10-12-4-3-7-19-12)18-15-6-2-1-5-13(14)15/h1-2,5-6,8,12,17H,3-4,7,9-10H2,(H2,16,18). The topological polar surface area (TPSA) is 60.2 Å². The number of anilines is 1. The fourth-order valence-corrected chi connectivity index (χ4v) is 2.52. The molecule has 1 unspecified atom stereocenters. The van der Waals surface area contributed by atoms with Gasteiger partial charge in [0.05, 0.1) is 17.3 Å². The summed E-state index contributed by atoms with van der Waals surface area (Å²) < 4.78 is 5.58. The van der Waals surface area contributed by atoms with Crippen molar-refractivity contribution in [2.24, 2.45) is 0 Å². The van der Waals surface area contributed by atoms with Gasteiger partial charge in [0.1, 0.15) is 0 Å². The number of benzene rings is 1. The summed E-state index contributed by atoms with van der Waals surface area (Å²) in [5.41, 5.74) is 8.79. The Morgan fingerprint density at radius 1 is 1.37 bits per heavy atom. The van der Waals surface area contributed by atoms with Gasteiger partial charge in [0, 0.05) is 30.8 Å². The number of pyridine rings is 1. The SMILES string of the molecule is Nc1cc(CNCC2CCCO2)nc2ccccc12. The smallest absolute Gasteiger partial charge is 0.0726 e. The van der Waals surface area contributed by atoms with Crippen molar-refractivity contribution in [3.8, 4) is 0 Å². The van der Waals surface area contributed by atoms with Gasteiger partial charge in [0.15, 0.2) is 0 Å². The summed E-state index contributed by atoms with van der Waals surface area (Å²) >= 11 is 0. The van der Waals surface area contributed by atoms with Gasteiger partial charge in [-0.15, -0.1) is 0 Å². The first-order valence-corrected chi connectivity index (χ1v) is 6.79. The normalized spacial score (nSPS) is 19.1. The van der Waals surface area contributed by atoms with Crippen LogP contribution in [0.1, 0.15) is 18.5 Å². The predicted octanol–water partition coefficient (Wildman–Crippen LogP) is 2.09. The second-order valence-corrected chi connectivity index (χ2v) is 4.99. The van der Waals surface area contributed by atoms with Gasteiger partial charge in [-0.1, -0.05) is 18.2 Å². The highest BCUT2D eigenvalue weighted by Gasteiger charge is 2.14. The van der Waals surface area contributed by atoms with Crippen LogP contribution in [0.5, 0.6) is 0 Å². The monoisotopic (exact) mass is 257 g/mol. The molecular formula is C15H19N3O. The van der Waals surface area contributed by atoms with Crippen LogP contribution >= 0.6 is 0 Å². The van der Waals surface area contributed by atoms with Crippen LogP contribution in [0.4, 0.5) is 5.69 Å². The maximum atomic E-state index is 6.06. The zero-order chi connectivity index (χ0) is 13.1. The van der Waals surface area contributed by atoms with E-state index < -0.39 is 0 Å². The van der Waals surface area contributed by atoms with Crippen LogP contribution in [0.15, 0.2) is 30.3 Å². The Balaban J connectivity index is 1.67. The van der Waals surface area contributed by atoms with Crippen LogP contribution < -0.4 is 11.1 Å². The number of nitrogens with zero attached hydrogens (tertiary/aromatic N) is 1. The minimum absolute atomic E-state index is 0.359. The molecule has 0 aliphatic carbocycles. The van der Waals surface area contributed by atoms with E-state index in [0.29, 0.717) is 6.10 Å². The largest absolute Gasteiger partial charge is 0.398 e. The van der Waals surface area contributed by atoms with E-state index >= 15 is 0 Å². The number of fused-ring (bicyclic) bond motifs is 1. The van der Waals surface area contributed by atoms with Crippen LogP contribution in [0.2, 0.25) is 0 Å². The molecule has 1 aliphatic rings. The molecule has 3 rings (SSSR count). The first-order chi connectivity index (χ1) is 9.33. The van der Waals surface area contributed by atoms with Crippen molar-refractivity contribution in [2.75, 3.05) is 18.9 Å². The molecule has 0 radical (unpaired) electrons. The van der Waals surface area contributed by atoms with Crippen molar-refractivity contribution in [2.45, 2.75) is 25.5 Å². The zero-order valence-corrected chi connectivity index (χ0v) is 10.9. The van der Waals surface area contributed by atoms with E-state index in [9.17, 15) is 0 Å². The van der Waals surface area contributed by atoms with Crippen molar-refractivity contribution >= 4 is 16.6 Å². The molecule has 0 amide bonds. The number of nitrogens with one attached hydrogen (secondary N) is 1. The molecule has 4 heteroatoms. The molecule has 2 aromatic rings. The van der Waals surface area contributed by atoms with Crippen molar-refractivity contribution in [1.82, 2.24) is 10.3 Å². The maximum Gasteiger partial charge on any atom is 0.0726 e. The Labute approximate surface area is 113 Å². The summed E-state index contributed by atoms with van der Waals surface area (Å²) in [5.74, 6) is 0. The molecule has 0 saturated carbocycles. The Morgan fingerprint density at radius 2 is 2.26 bits per heavy atom. The maximum absolute atomic E-state index is 6.06. The molecule has 1 aromatic carbocycles. The fraction of sp³-hybridized carbons (Fsp3) is 0.400. The average Bonchev–Trinajstić information content (AvgIpc) is 2.92. The number of nitrogens with two attached hydrogens (primary N) is 1. The number of nitrogen functional groups attached to an aromatic ring is 1. The first-order valence-electron chi connectivity index (χ1n) is 6.79. The number of para-hydroxylation sites is 1. The number of hydrogen-bond donors (Lipinski definition) is 2. The summed E-state index contributed by atoms with van der Waals surface area (Å²) in [6.07, 6.45) is 2.69. The molecule has 100 valence electrons. The molecule has 0 spiro atoms. The molecule has 1 aromatic heterocycles. The van der Waals surface area contributed by atoms with Gasteiger partial charge in [0.2, 0.25) is 0 Å². The first kappa shape index (κ1) is 12.4. The molecule has 19 heavy (non-hydrogen) atoms. The minimum Gasteiger partial charge on any atom is -0.398 e. The van der Waals surface area contributed by atoms with E-state index in [-0.39, 0.29) is 0 Å². The van der Waals surface area contributed by atoms with Gasteiger partial charge in [0.25, 0.3) is 0 Å². The van der Waals surface area contributed by atoms with Crippen molar-refractivity contribution < 1.29 is 4.74 Å². The Morgan fingerprint density at radius 3 is 3.11 bits per heavy atom. The van der Waals surface area contributed by atoms with Crippen molar-refractivity contribution in [3.63, 3.8) is 0 Å². The summed E-state index contributed by atoms with van der Waals surface area (Å²) in [6.45, 7) is 2.51. The summed E-state index contributed by atoms with van der Waals surface area (Å²) in [5, 5.41) is 4.41. The summed E-state index contributed by atoms with van der Waals surface area (Å²) in [4.78, 5) is 4.62. The second kappa shape index (κ2) is 5.55. The molecule has 2 heterocycles. The Bertz CT molecular complexity index is 564. The molecule has 1 aliphatic heterocycles. The van der Waals surface area contributed by atoms with Crippen LogP contribution in [0, 0.1) is 0 Å². The van der Waals surface area contributed by atoms with Crippen LogP contribution in [-0.4, -0.2) is 24.2 Å². The van der Waals surface area contributed by atoms with E-state index in [4.69, 9.17) is 10.5 Å². The lowest BCUT2D eigenvalue weighted by Crippen LogP contribution is -2.26. The number of rotatable bonds is 4. The third-order valence-corrected chi connectivity index (χ3v) is 3.50. The lowest BCUT2D eigenvalue weighted by Gasteiger charge is -2.11. The molecule has 3 N–H and O–H groups in total. The highest BCUT2D eigenvalue weighted by Crippen LogP contribution is 2.20. The third kappa shape index (κ3) is 2.85. The lowest BCUT2D eigenvalue weighted by molar-refractivity contribution is 0.110. The van der Waals surface area contributed by atoms with Crippen LogP contribution in [0.3, 0.4) is 0 Å². The van der Waals surface area contributed by atoms with E-state index in [1.807, 2.05) is 30.3 Å². The minimum atomic E-state index is 0.359. The van der Waals surface area contributed by atoms with Gasteiger partial charge < -0.3 is 15.8 Å². The van der Waals surface area contributed by atoms with Crippen molar-refractivity contribution in [3.05, 3.63) is 36.0 Å². The van der Waals surface area contributed by atoms with Gasteiger partial charge in [-0.3, -0.25) is 4.98 Å². The van der Waals surface area contributed by atoms with Crippen LogP contribution in [0.25, 0.3) is 10.9 Å². The Hall–Kier alpha value is -1.65. The second-order valence-electron chi connectivity index (χ2n) is 4.99. The Kier molecular flexibility index (Phi) is 3.62. The van der Waals surface area contributed by atoms with Gasteiger partial charge >= 0.3 is 0 Å². The van der Waals surface area contributed by atoms with Gasteiger partial charge in [-0.05, 0) is 25.0 Å². The molecule has 0 bridgehead atoms. The lowest BCUT2D eigenvalue weighted by atomic mass is 10.1. The zero-order valence-electron chi connectivity index (χ0n) is 10.9. The molecule has 4 nitrogen and oxygen atoms in total. The van der Waals surface area contributed by atoms with E-state index in [2.05, 4.69) is 10.3 Å². The van der Waals surface area contributed by atoms with Gasteiger partial charge in [-0.2, -0.15) is 0 Å². The van der Waals surface area contributed by atoms with E-state index in [0.717, 1.165) is 48.4 Å². The highest BCUT2D eigenvalue weighted by atomic mass is 16.5. The van der Waals surface area contributed by atoms with E-state index in [1.54, 1.807) is 0 Å². The molecule has 1 saturated heterocycles. The summed E-state index contributed by atoms with van der Waals surface area (Å²) in [7, 11) is 0. The molecule has 1 atom stereocenters. The number of ether oxygens (including phenoxy) is 1. The van der Waals surface area contributed by atoms with Crippen LogP contribution in [-0.2, 0) is 11.3 Å². The fourth-order valence-electron chi connectivity index (χ4n) is 2.52. The predicted molar refractivity (Wildman–Crippen MR) is 76.8 cm³/mol. The molecular weight excluding hydrogens is 238 g/mol. The highest BCUT2D eigenvalue weighted by molar-refractivity contribution is 5.90. The number of hydrogen-bond acceptors (Lipinski definition) is 4. The quantitative estimate of drug-likeness (QED) is 0.880.